The third-order valence-electron chi connectivity index (χ3n) is 4.28. The fraction of sp³-hybridized carbons (Fsp3) is 0.389. The van der Waals surface area contributed by atoms with Crippen LogP contribution in [0.4, 0.5) is 4.39 Å². The molecule has 0 spiro atoms. The van der Waals surface area contributed by atoms with E-state index in [4.69, 9.17) is 9.15 Å². The van der Waals surface area contributed by atoms with Crippen molar-refractivity contribution in [1.82, 2.24) is 10.2 Å². The van der Waals surface area contributed by atoms with Gasteiger partial charge in [0.15, 0.2) is 11.6 Å². The van der Waals surface area contributed by atoms with Crippen LogP contribution < -0.4 is 10.1 Å². The lowest BCUT2D eigenvalue weighted by atomic mass is 10.1. The molecule has 1 atom stereocenters. The molecule has 1 amide bonds. The van der Waals surface area contributed by atoms with Crippen LogP contribution in [0.15, 0.2) is 41.2 Å². The Labute approximate surface area is 150 Å². The molecule has 7 heteroatoms. The summed E-state index contributed by atoms with van der Waals surface area (Å²) < 4.78 is 23.9. The van der Waals surface area contributed by atoms with Gasteiger partial charge >= 0.3 is 0 Å². The van der Waals surface area contributed by atoms with Crippen LogP contribution in [0, 0.1) is 5.82 Å². The van der Waals surface area contributed by atoms with Gasteiger partial charge in [-0.15, -0.1) is 0 Å². The number of amides is 1. The minimum atomic E-state index is -0.547. The van der Waals surface area contributed by atoms with Gasteiger partial charge in [-0.25, -0.2) is 4.39 Å². The van der Waals surface area contributed by atoms with E-state index in [0.717, 1.165) is 30.2 Å². The molecule has 1 saturated heterocycles. The number of methoxy groups -OCH3 is 1. The second kappa shape index (κ2) is 8.40. The van der Waals surface area contributed by atoms with Crippen LogP contribution in [0.25, 0.3) is 0 Å². The zero-order valence-corrected chi connectivity index (χ0v) is 14.9. The van der Waals surface area contributed by atoms with E-state index < -0.39 is 5.82 Å². The standard InChI is InChI=1S/C18H21FN2O3S/c1-23-17-3-2-13(10-15(17)19)18(22)20-11-16(14-4-7-24-12-14)21-5-8-25-9-6-21/h2-4,7,10,12,16H,5-6,8-9,11H2,1H3,(H,20,22)/t16-/m0/s1. The molecule has 1 aromatic heterocycles. The average Bonchev–Trinajstić information content (AvgIpc) is 3.17. The number of nitrogens with zero attached hydrogens (tertiary/aromatic N) is 1. The first-order valence-corrected chi connectivity index (χ1v) is 9.30. The van der Waals surface area contributed by atoms with E-state index in [1.165, 1.54) is 19.2 Å². The van der Waals surface area contributed by atoms with Crippen LogP contribution >= 0.6 is 11.8 Å². The first kappa shape index (κ1) is 17.8. The molecule has 2 heterocycles. The Bertz CT molecular complexity index is 702. The van der Waals surface area contributed by atoms with Crippen molar-refractivity contribution in [2.45, 2.75) is 6.04 Å². The fourth-order valence-corrected chi connectivity index (χ4v) is 3.84. The van der Waals surface area contributed by atoms with Gasteiger partial charge < -0.3 is 14.5 Å². The predicted molar refractivity (Wildman–Crippen MR) is 95.6 cm³/mol. The van der Waals surface area contributed by atoms with Crippen molar-refractivity contribution in [2.75, 3.05) is 38.2 Å². The smallest absolute Gasteiger partial charge is 0.251 e. The lowest BCUT2D eigenvalue weighted by Gasteiger charge is -2.34. The lowest BCUT2D eigenvalue weighted by Crippen LogP contribution is -2.41. The first-order chi connectivity index (χ1) is 12.2. The maximum Gasteiger partial charge on any atom is 0.251 e. The summed E-state index contributed by atoms with van der Waals surface area (Å²) in [5.74, 6) is 1.42. The molecule has 2 aromatic rings. The number of furan rings is 1. The van der Waals surface area contributed by atoms with Gasteiger partial charge in [-0.3, -0.25) is 9.69 Å². The van der Waals surface area contributed by atoms with Crippen molar-refractivity contribution < 1.29 is 18.3 Å². The van der Waals surface area contributed by atoms with Gasteiger partial charge in [0.1, 0.15) is 0 Å². The number of rotatable bonds is 6. The number of carbonyl (C=O) groups excluding carboxylic acids is 1. The van der Waals surface area contributed by atoms with Crippen LogP contribution in [-0.4, -0.2) is 49.1 Å². The van der Waals surface area contributed by atoms with Crippen molar-refractivity contribution in [1.29, 1.82) is 0 Å². The summed E-state index contributed by atoms with van der Waals surface area (Å²) in [5, 5.41) is 2.91. The monoisotopic (exact) mass is 364 g/mol. The molecule has 0 saturated carbocycles. The van der Waals surface area contributed by atoms with Crippen molar-refractivity contribution in [3.63, 3.8) is 0 Å². The Hall–Kier alpha value is -1.99. The summed E-state index contributed by atoms with van der Waals surface area (Å²) in [6.45, 7) is 2.37. The summed E-state index contributed by atoms with van der Waals surface area (Å²) in [6.07, 6.45) is 3.35. The Morgan fingerprint density at radius 2 is 2.20 bits per heavy atom. The fourth-order valence-electron chi connectivity index (χ4n) is 2.91. The largest absolute Gasteiger partial charge is 0.494 e. The summed E-state index contributed by atoms with van der Waals surface area (Å²) >= 11 is 1.93. The highest BCUT2D eigenvalue weighted by Gasteiger charge is 2.24. The molecule has 25 heavy (non-hydrogen) atoms. The topological polar surface area (TPSA) is 54.7 Å². The maximum atomic E-state index is 13.8. The number of halogens is 1. The van der Waals surface area contributed by atoms with Gasteiger partial charge in [0.25, 0.3) is 5.91 Å². The molecule has 1 N–H and O–H groups in total. The van der Waals surface area contributed by atoms with E-state index in [2.05, 4.69) is 10.2 Å². The van der Waals surface area contributed by atoms with Gasteiger partial charge in [-0.1, -0.05) is 0 Å². The number of hydrogen-bond acceptors (Lipinski definition) is 5. The van der Waals surface area contributed by atoms with Gasteiger partial charge in [-0.2, -0.15) is 11.8 Å². The molecule has 0 aliphatic carbocycles. The zero-order valence-electron chi connectivity index (χ0n) is 14.0. The number of nitrogens with one attached hydrogen (secondary N) is 1. The third kappa shape index (κ3) is 4.35. The SMILES string of the molecule is COc1ccc(C(=O)NC[C@@H](c2ccoc2)N2CCSCC2)cc1F. The van der Waals surface area contributed by atoms with Crippen LogP contribution in [0.5, 0.6) is 5.75 Å². The van der Waals surface area contributed by atoms with E-state index in [-0.39, 0.29) is 23.3 Å². The van der Waals surface area contributed by atoms with E-state index in [0.29, 0.717) is 6.54 Å². The van der Waals surface area contributed by atoms with Gasteiger partial charge in [-0.05, 0) is 24.3 Å². The Morgan fingerprint density at radius 3 is 2.84 bits per heavy atom. The van der Waals surface area contributed by atoms with E-state index in [9.17, 15) is 9.18 Å². The second-order valence-electron chi connectivity index (χ2n) is 5.78. The molecule has 0 bridgehead atoms. The number of benzene rings is 1. The molecule has 0 radical (unpaired) electrons. The van der Waals surface area contributed by atoms with Gasteiger partial charge in [0.05, 0.1) is 25.7 Å². The minimum absolute atomic E-state index is 0.0479. The molecule has 1 fully saturated rings. The maximum absolute atomic E-state index is 13.8. The molecule has 1 aliphatic rings. The lowest BCUT2D eigenvalue weighted by molar-refractivity contribution is 0.0934. The van der Waals surface area contributed by atoms with Crippen LogP contribution in [0.2, 0.25) is 0 Å². The van der Waals surface area contributed by atoms with Crippen molar-refractivity contribution in [2.24, 2.45) is 0 Å². The Balaban J connectivity index is 1.68. The Morgan fingerprint density at radius 1 is 1.40 bits per heavy atom. The first-order valence-electron chi connectivity index (χ1n) is 8.14. The second-order valence-corrected chi connectivity index (χ2v) is 7.00. The Kier molecular flexibility index (Phi) is 5.99. The van der Waals surface area contributed by atoms with Crippen molar-refractivity contribution in [3.05, 3.63) is 53.7 Å². The summed E-state index contributed by atoms with van der Waals surface area (Å²) in [6, 6.07) is 6.18. The highest BCUT2D eigenvalue weighted by molar-refractivity contribution is 7.99. The van der Waals surface area contributed by atoms with E-state index >= 15 is 0 Å². The van der Waals surface area contributed by atoms with Crippen LogP contribution in [-0.2, 0) is 0 Å². The number of thioether (sulfide) groups is 1. The molecule has 3 rings (SSSR count). The average molecular weight is 364 g/mol. The number of hydrogen-bond donors (Lipinski definition) is 1. The molecule has 1 aliphatic heterocycles. The molecule has 1 aromatic carbocycles. The molecular formula is C18H21FN2O3S. The molecule has 5 nitrogen and oxygen atoms in total. The van der Waals surface area contributed by atoms with Crippen molar-refractivity contribution in [3.8, 4) is 5.75 Å². The van der Waals surface area contributed by atoms with Crippen LogP contribution in [0.3, 0.4) is 0 Å². The summed E-state index contributed by atoms with van der Waals surface area (Å²) in [5.41, 5.74) is 1.31. The van der Waals surface area contributed by atoms with Gasteiger partial charge in [0, 0.05) is 42.3 Å². The summed E-state index contributed by atoms with van der Waals surface area (Å²) in [4.78, 5) is 14.7. The summed E-state index contributed by atoms with van der Waals surface area (Å²) in [7, 11) is 1.39. The normalized spacial score (nSPS) is 16.4. The van der Waals surface area contributed by atoms with E-state index in [1.54, 1.807) is 18.6 Å². The highest BCUT2D eigenvalue weighted by atomic mass is 32.2. The molecule has 134 valence electrons. The third-order valence-corrected chi connectivity index (χ3v) is 5.23. The minimum Gasteiger partial charge on any atom is -0.494 e. The number of ether oxygens (including phenoxy) is 1. The quantitative estimate of drug-likeness (QED) is 0.854. The number of carbonyl (C=O) groups is 1. The van der Waals surface area contributed by atoms with E-state index in [1.807, 2.05) is 17.8 Å². The molecular weight excluding hydrogens is 343 g/mol. The zero-order chi connectivity index (χ0) is 17.6. The predicted octanol–water partition coefficient (Wildman–Crippen LogP) is 2.95. The van der Waals surface area contributed by atoms with Gasteiger partial charge in [0.2, 0.25) is 0 Å². The van der Waals surface area contributed by atoms with Crippen molar-refractivity contribution >= 4 is 17.7 Å². The van der Waals surface area contributed by atoms with Crippen LogP contribution in [0.1, 0.15) is 22.0 Å². The molecule has 0 unspecified atom stereocenters. The highest BCUT2D eigenvalue weighted by Crippen LogP contribution is 2.24.